The van der Waals surface area contributed by atoms with Gasteiger partial charge in [-0.15, -0.1) is 0 Å². The summed E-state index contributed by atoms with van der Waals surface area (Å²) in [5.41, 5.74) is 15.1. The van der Waals surface area contributed by atoms with Gasteiger partial charge in [0.05, 0.1) is 22.7 Å². The molecule has 16 rings (SSSR count). The molecule has 79 heavy (non-hydrogen) atoms. The van der Waals surface area contributed by atoms with E-state index in [9.17, 15) is 0 Å². The second kappa shape index (κ2) is 19.8. The lowest BCUT2D eigenvalue weighted by molar-refractivity contribution is 0.285. The number of hydrogen-bond acceptors (Lipinski definition) is 4. The number of hydrogen-bond donors (Lipinski definition) is 0. The molecule has 0 radical (unpaired) electrons. The molecule has 4 nitrogen and oxygen atoms in total. The maximum absolute atomic E-state index is 7.30. The molecule has 2 aromatic heterocycles. The first-order chi connectivity index (χ1) is 39.2. The van der Waals surface area contributed by atoms with Crippen LogP contribution in [-0.2, 0) is 6.42 Å². The highest BCUT2D eigenvalue weighted by Crippen LogP contribution is 2.52. The first kappa shape index (κ1) is 47.7. The Morgan fingerprint density at radius 1 is 0.405 bits per heavy atom. The van der Waals surface area contributed by atoms with Crippen LogP contribution >= 0.6 is 0 Å². The van der Waals surface area contributed by atoms with E-state index in [1.165, 1.54) is 198 Å². The standard InChI is InChI=1S/C75H72N2O2/c1-3-17-49(18-4-1)51-31-39-57(40-32-51)76(68-29-13-27-62-60-25-11-23-56(72(60)78-74(62)68)47-48-15-7-8-16-48)66-45-37-54-36-44-65-67(46-38-55-35-43-64(66)70(54)71(55)65)77(58-41-33-52(34-42-58)50-19-5-2-6-20-50)69-30-14-28-63-61-26-12-24-59(53-21-9-10-22-53)73(61)79-75(63)69/h11-14,23-31,33-46,48-51,53H,1-10,15-22,32,47H2. The normalized spacial score (nSPS) is 19.2. The van der Waals surface area contributed by atoms with Crippen LogP contribution in [0.25, 0.3) is 76.2 Å². The molecule has 1 unspecified atom stereocenters. The summed E-state index contributed by atoms with van der Waals surface area (Å²) in [5, 5.41) is 12.4. The fourth-order valence-electron chi connectivity index (χ4n) is 16.3. The van der Waals surface area contributed by atoms with Crippen LogP contribution in [0.1, 0.15) is 151 Å². The van der Waals surface area contributed by atoms with Crippen molar-refractivity contribution >= 4 is 105 Å². The Balaban J connectivity index is 0.888. The van der Waals surface area contributed by atoms with Crippen molar-refractivity contribution < 1.29 is 8.83 Å². The molecule has 11 aromatic rings. The second-order valence-corrected chi connectivity index (χ2v) is 24.8. The molecule has 0 N–H and O–H groups in total. The summed E-state index contributed by atoms with van der Waals surface area (Å²) in [6.07, 6.45) is 33.4. The molecular weight excluding hydrogens is 961 g/mol. The Morgan fingerprint density at radius 2 is 0.937 bits per heavy atom. The predicted molar refractivity (Wildman–Crippen MR) is 333 cm³/mol. The molecule has 5 aliphatic carbocycles. The van der Waals surface area contributed by atoms with E-state index in [2.05, 4.69) is 174 Å². The molecule has 0 saturated heterocycles. The van der Waals surface area contributed by atoms with E-state index in [-0.39, 0.29) is 0 Å². The highest BCUT2D eigenvalue weighted by Gasteiger charge is 2.31. The van der Waals surface area contributed by atoms with Gasteiger partial charge in [0.15, 0.2) is 11.2 Å². The quantitative estimate of drug-likeness (QED) is 0.121. The SMILES string of the molecule is C1=CC(C2CCCCC2)CC=C1N(c1ccc2ccc3c(N(c4ccc(C5CCCCC5)cc4)c4cccc5c4oc4c(C6CCCC6)cccc45)ccc4ccc1c2c43)c1cccc2c1oc1c(CC3CCCC3)cccc12. The molecule has 1 atom stereocenters. The maximum atomic E-state index is 7.30. The number of anilines is 5. The second-order valence-electron chi connectivity index (χ2n) is 24.8. The fraction of sp³-hybridized carbons (Fsp3) is 0.333. The molecule has 4 fully saturated rings. The van der Waals surface area contributed by atoms with Gasteiger partial charge in [-0.3, -0.25) is 0 Å². The van der Waals surface area contributed by atoms with E-state index in [1.54, 1.807) is 0 Å². The van der Waals surface area contributed by atoms with E-state index in [1.807, 2.05) is 0 Å². The molecular formula is C75H72N2O2. The van der Waals surface area contributed by atoms with Gasteiger partial charge in [0.2, 0.25) is 0 Å². The molecule has 5 aliphatic rings. The number of para-hydroxylation sites is 4. The molecule has 0 amide bonds. The number of allylic oxidation sites excluding steroid dienone is 3. The minimum atomic E-state index is 0.546. The fourth-order valence-corrected chi connectivity index (χ4v) is 16.3. The van der Waals surface area contributed by atoms with Crippen LogP contribution in [0.5, 0.6) is 0 Å². The van der Waals surface area contributed by atoms with Gasteiger partial charge < -0.3 is 18.6 Å². The van der Waals surface area contributed by atoms with E-state index >= 15 is 0 Å². The number of nitrogens with zero attached hydrogens (tertiary/aromatic N) is 2. The van der Waals surface area contributed by atoms with Gasteiger partial charge in [-0.05, 0) is 162 Å². The van der Waals surface area contributed by atoms with Crippen LogP contribution in [0.4, 0.5) is 28.4 Å². The monoisotopic (exact) mass is 1030 g/mol. The maximum Gasteiger partial charge on any atom is 0.159 e. The van der Waals surface area contributed by atoms with Gasteiger partial charge in [-0.1, -0.05) is 198 Å². The van der Waals surface area contributed by atoms with Gasteiger partial charge in [0, 0.05) is 43.7 Å². The molecule has 9 aromatic carbocycles. The van der Waals surface area contributed by atoms with E-state index in [4.69, 9.17) is 8.83 Å². The van der Waals surface area contributed by atoms with Gasteiger partial charge in [0.1, 0.15) is 11.2 Å². The highest BCUT2D eigenvalue weighted by atomic mass is 16.3. The van der Waals surface area contributed by atoms with Crippen molar-refractivity contribution in [2.24, 2.45) is 17.8 Å². The van der Waals surface area contributed by atoms with Gasteiger partial charge in [-0.25, -0.2) is 0 Å². The lowest BCUT2D eigenvalue weighted by atomic mass is 9.77. The van der Waals surface area contributed by atoms with Gasteiger partial charge in [0.25, 0.3) is 0 Å². The third-order valence-electron chi connectivity index (χ3n) is 20.3. The molecule has 0 spiro atoms. The number of benzene rings is 9. The summed E-state index contributed by atoms with van der Waals surface area (Å²) < 4.78 is 14.6. The summed E-state index contributed by atoms with van der Waals surface area (Å²) in [7, 11) is 0. The third kappa shape index (κ3) is 8.12. The Bertz CT molecular complexity index is 4150. The summed E-state index contributed by atoms with van der Waals surface area (Å²) in [4.78, 5) is 5.08. The first-order valence-electron chi connectivity index (χ1n) is 30.8. The van der Waals surface area contributed by atoms with Gasteiger partial charge in [-0.2, -0.15) is 0 Å². The van der Waals surface area contributed by atoms with Crippen LogP contribution in [0.3, 0.4) is 0 Å². The number of furan rings is 2. The zero-order valence-electron chi connectivity index (χ0n) is 45.8. The van der Waals surface area contributed by atoms with Crippen LogP contribution in [-0.4, -0.2) is 0 Å². The average molecular weight is 1030 g/mol. The lowest BCUT2D eigenvalue weighted by Crippen LogP contribution is -2.21. The van der Waals surface area contributed by atoms with Crippen LogP contribution in [0, 0.1) is 17.8 Å². The smallest absolute Gasteiger partial charge is 0.159 e. The van der Waals surface area contributed by atoms with Gasteiger partial charge >= 0.3 is 0 Å². The molecule has 0 bridgehead atoms. The van der Waals surface area contributed by atoms with Crippen LogP contribution in [0.2, 0.25) is 0 Å². The Hall–Kier alpha value is -7.30. The minimum Gasteiger partial charge on any atom is -0.454 e. The zero-order valence-corrected chi connectivity index (χ0v) is 45.8. The van der Waals surface area contributed by atoms with Crippen molar-refractivity contribution in [3.63, 3.8) is 0 Å². The van der Waals surface area contributed by atoms with Crippen LogP contribution < -0.4 is 9.80 Å². The summed E-state index contributed by atoms with van der Waals surface area (Å²) >= 11 is 0. The van der Waals surface area contributed by atoms with E-state index in [0.29, 0.717) is 17.8 Å². The number of fused-ring (bicyclic) bond motifs is 6. The van der Waals surface area contributed by atoms with Crippen molar-refractivity contribution in [3.8, 4) is 0 Å². The van der Waals surface area contributed by atoms with Crippen molar-refractivity contribution in [2.75, 3.05) is 9.80 Å². The van der Waals surface area contributed by atoms with E-state index in [0.717, 1.165) is 69.8 Å². The molecule has 394 valence electrons. The highest BCUT2D eigenvalue weighted by molar-refractivity contribution is 6.28. The summed E-state index contributed by atoms with van der Waals surface area (Å²) in [5.74, 6) is 3.25. The molecule has 4 heteroatoms. The summed E-state index contributed by atoms with van der Waals surface area (Å²) in [6.45, 7) is 0. The zero-order chi connectivity index (χ0) is 52.0. The topological polar surface area (TPSA) is 32.8 Å². The van der Waals surface area contributed by atoms with Crippen molar-refractivity contribution in [1.82, 2.24) is 0 Å². The predicted octanol–water partition coefficient (Wildman–Crippen LogP) is 22.5. The molecule has 0 aliphatic heterocycles. The van der Waals surface area contributed by atoms with Crippen molar-refractivity contribution in [2.45, 2.75) is 140 Å². The summed E-state index contributed by atoms with van der Waals surface area (Å²) in [6, 6.07) is 56.1. The minimum absolute atomic E-state index is 0.546. The Labute approximate surface area is 465 Å². The van der Waals surface area contributed by atoms with Crippen LogP contribution in [0.15, 0.2) is 178 Å². The lowest BCUT2D eigenvalue weighted by Gasteiger charge is -2.33. The van der Waals surface area contributed by atoms with Crippen molar-refractivity contribution in [1.29, 1.82) is 0 Å². The molecule has 2 heterocycles. The largest absolute Gasteiger partial charge is 0.454 e. The number of rotatable bonds is 11. The first-order valence-corrected chi connectivity index (χ1v) is 30.8. The Kier molecular flexibility index (Phi) is 12.0. The molecule has 4 saturated carbocycles. The third-order valence-corrected chi connectivity index (χ3v) is 20.3. The Morgan fingerprint density at radius 3 is 1.59 bits per heavy atom. The average Bonchev–Trinajstić information content (AvgIpc) is 4.54. The van der Waals surface area contributed by atoms with Crippen molar-refractivity contribution in [3.05, 3.63) is 186 Å². The van der Waals surface area contributed by atoms with E-state index < -0.39 is 0 Å².